The Labute approximate surface area is 87.3 Å². The van der Waals surface area contributed by atoms with Crippen molar-refractivity contribution >= 4 is 11.6 Å². The van der Waals surface area contributed by atoms with Gasteiger partial charge in [-0.2, -0.15) is 4.58 Å². The average Bonchev–Trinajstić information content (AvgIpc) is 2.18. The van der Waals surface area contributed by atoms with E-state index in [1.54, 1.807) is 6.07 Å². The average molecular weight is 215 g/mol. The highest BCUT2D eigenvalue weighted by Gasteiger charge is 2.13. The van der Waals surface area contributed by atoms with E-state index in [0.29, 0.717) is 5.55 Å². The highest BCUT2D eigenvalue weighted by Crippen LogP contribution is 2.12. The summed E-state index contributed by atoms with van der Waals surface area (Å²) in [6, 6.07) is 3.01. The number of piperidine rings is 1. The molecular weight excluding hydrogens is 202 g/mol. The molecule has 1 aliphatic rings. The summed E-state index contributed by atoms with van der Waals surface area (Å²) in [7, 11) is 0. The molecule has 0 aliphatic carbocycles. The lowest BCUT2D eigenvalue weighted by Crippen LogP contribution is -2.34. The summed E-state index contributed by atoms with van der Waals surface area (Å²) in [6.45, 7) is 1.95. The monoisotopic (exact) mass is 214 g/mol. The first-order valence-corrected chi connectivity index (χ1v) is 5.21. The van der Waals surface area contributed by atoms with Crippen LogP contribution in [-0.2, 0) is 0 Å². The van der Waals surface area contributed by atoms with Gasteiger partial charge >= 0.3 is 5.55 Å². The number of rotatable bonds is 0. The molecule has 4 heteroatoms. The maximum Gasteiger partial charge on any atom is 0.372 e. The van der Waals surface area contributed by atoms with Crippen LogP contribution in [0.15, 0.2) is 16.5 Å². The predicted molar refractivity (Wildman–Crippen MR) is 54.2 cm³/mol. The molecular formula is C10H13ClNO2+. The highest BCUT2D eigenvalue weighted by atomic mass is 35.5. The zero-order valence-corrected chi connectivity index (χ0v) is 8.63. The van der Waals surface area contributed by atoms with Gasteiger partial charge < -0.3 is 9.52 Å². The fourth-order valence-electron chi connectivity index (χ4n) is 1.71. The van der Waals surface area contributed by atoms with Crippen LogP contribution in [0, 0.1) is 0 Å². The predicted octanol–water partition coefficient (Wildman–Crippen LogP) is 1.59. The number of nitrogens with zero attached hydrogens (tertiary/aromatic N) is 1. The molecule has 0 amide bonds. The van der Waals surface area contributed by atoms with Crippen molar-refractivity contribution in [3.05, 3.63) is 22.9 Å². The number of hydrogen-bond acceptors (Lipinski definition) is 2. The summed E-state index contributed by atoms with van der Waals surface area (Å²) in [6.07, 6.45) is 3.61. The number of hydrogen-bond donors (Lipinski definition) is 1. The first-order valence-electron chi connectivity index (χ1n) is 4.83. The maximum absolute atomic E-state index is 9.35. The topological polar surface area (TPSA) is 36.4 Å². The van der Waals surface area contributed by atoms with Gasteiger partial charge in [-0.25, -0.2) is 0 Å². The van der Waals surface area contributed by atoms with Crippen LogP contribution >= 0.6 is 11.6 Å². The molecule has 0 aromatic carbocycles. The minimum Gasteiger partial charge on any atom is -0.507 e. The highest BCUT2D eigenvalue weighted by molar-refractivity contribution is 6.28. The second-order valence-electron chi connectivity index (χ2n) is 3.51. The Morgan fingerprint density at radius 3 is 2.57 bits per heavy atom. The summed E-state index contributed by atoms with van der Waals surface area (Å²) >= 11 is 5.72. The van der Waals surface area contributed by atoms with E-state index < -0.39 is 0 Å². The summed E-state index contributed by atoms with van der Waals surface area (Å²) in [5.74, 6) is 0.154. The maximum atomic E-state index is 9.35. The molecule has 0 bridgehead atoms. The van der Waals surface area contributed by atoms with Crippen LogP contribution in [0.3, 0.4) is 0 Å². The SMILES string of the molecule is Oc1cc(Cl)oc(=[N+]2CCCCC2)c1. The molecule has 0 saturated carbocycles. The van der Waals surface area contributed by atoms with Crippen molar-refractivity contribution in [2.75, 3.05) is 13.1 Å². The molecule has 1 saturated heterocycles. The van der Waals surface area contributed by atoms with Gasteiger partial charge in [0.2, 0.25) is 5.22 Å². The molecule has 2 rings (SSSR count). The molecule has 1 N–H and O–H groups in total. The first kappa shape index (κ1) is 9.59. The molecule has 0 spiro atoms. The van der Waals surface area contributed by atoms with Gasteiger partial charge in [0.05, 0.1) is 6.07 Å². The molecule has 1 aromatic heterocycles. The molecule has 14 heavy (non-hydrogen) atoms. The van der Waals surface area contributed by atoms with Crippen molar-refractivity contribution in [2.45, 2.75) is 19.3 Å². The van der Waals surface area contributed by atoms with Crippen molar-refractivity contribution in [1.29, 1.82) is 0 Å². The lowest BCUT2D eigenvalue weighted by Gasteiger charge is -2.08. The van der Waals surface area contributed by atoms with Crippen LogP contribution in [0.4, 0.5) is 0 Å². The van der Waals surface area contributed by atoms with Crippen molar-refractivity contribution in [3.63, 3.8) is 0 Å². The van der Waals surface area contributed by atoms with E-state index in [1.807, 2.05) is 0 Å². The Balaban J connectivity index is 2.46. The van der Waals surface area contributed by atoms with E-state index in [2.05, 4.69) is 4.58 Å². The minimum absolute atomic E-state index is 0.154. The fourth-order valence-corrected chi connectivity index (χ4v) is 1.90. The summed E-state index contributed by atoms with van der Waals surface area (Å²) in [5.41, 5.74) is 0.662. The van der Waals surface area contributed by atoms with Gasteiger partial charge in [0.15, 0.2) is 0 Å². The molecule has 0 atom stereocenters. The van der Waals surface area contributed by atoms with E-state index in [0.717, 1.165) is 13.1 Å². The second-order valence-corrected chi connectivity index (χ2v) is 3.88. The van der Waals surface area contributed by atoms with E-state index in [-0.39, 0.29) is 11.0 Å². The second kappa shape index (κ2) is 4.05. The van der Waals surface area contributed by atoms with Crippen LogP contribution < -0.4 is 10.1 Å². The van der Waals surface area contributed by atoms with Gasteiger partial charge in [-0.05, 0) is 18.0 Å². The van der Waals surface area contributed by atoms with Gasteiger partial charge in [0.25, 0.3) is 0 Å². The summed E-state index contributed by atoms with van der Waals surface area (Å²) < 4.78 is 7.44. The normalized spacial score (nSPS) is 17.1. The van der Waals surface area contributed by atoms with E-state index in [1.165, 1.54) is 25.3 Å². The third-order valence-electron chi connectivity index (χ3n) is 2.40. The summed E-state index contributed by atoms with van der Waals surface area (Å²) in [5, 5.41) is 9.58. The van der Waals surface area contributed by atoms with Gasteiger partial charge in [-0.3, -0.25) is 0 Å². The van der Waals surface area contributed by atoms with Crippen LogP contribution in [0.1, 0.15) is 19.3 Å². The largest absolute Gasteiger partial charge is 0.507 e. The molecule has 0 radical (unpaired) electrons. The molecule has 2 heterocycles. The molecule has 0 unspecified atom stereocenters. The van der Waals surface area contributed by atoms with Crippen LogP contribution in [-0.4, -0.2) is 18.2 Å². The van der Waals surface area contributed by atoms with Crippen LogP contribution in [0.2, 0.25) is 5.22 Å². The van der Waals surface area contributed by atoms with Crippen LogP contribution in [0.25, 0.3) is 0 Å². The lowest BCUT2D eigenvalue weighted by atomic mass is 10.2. The summed E-state index contributed by atoms with van der Waals surface area (Å²) in [4.78, 5) is 0. The third kappa shape index (κ3) is 2.10. The van der Waals surface area contributed by atoms with Crippen LogP contribution in [0.5, 0.6) is 5.75 Å². The zero-order chi connectivity index (χ0) is 9.97. The lowest BCUT2D eigenvalue weighted by molar-refractivity contribution is 0.364. The minimum atomic E-state index is 0.154. The molecule has 1 aliphatic heterocycles. The van der Waals surface area contributed by atoms with E-state index in [9.17, 15) is 5.11 Å². The Hall–Kier alpha value is -0.960. The van der Waals surface area contributed by atoms with E-state index in [4.69, 9.17) is 16.0 Å². The van der Waals surface area contributed by atoms with Crippen molar-refractivity contribution in [3.8, 4) is 5.75 Å². The Morgan fingerprint density at radius 1 is 1.21 bits per heavy atom. The third-order valence-corrected chi connectivity index (χ3v) is 2.59. The van der Waals surface area contributed by atoms with Gasteiger partial charge in [-0.1, -0.05) is 0 Å². The zero-order valence-electron chi connectivity index (χ0n) is 7.87. The standard InChI is InChI=1S/C10H12ClNO2/c11-9-6-8(13)7-10(14-9)12-4-2-1-3-5-12/h6-7H,1-5H2/p+1. The molecule has 76 valence electrons. The molecule has 3 nitrogen and oxygen atoms in total. The Morgan fingerprint density at radius 2 is 1.93 bits per heavy atom. The van der Waals surface area contributed by atoms with Gasteiger partial charge in [0.1, 0.15) is 18.8 Å². The first-order chi connectivity index (χ1) is 6.75. The van der Waals surface area contributed by atoms with Crippen molar-refractivity contribution in [2.24, 2.45) is 0 Å². The van der Waals surface area contributed by atoms with Crippen molar-refractivity contribution < 1.29 is 9.52 Å². The smallest absolute Gasteiger partial charge is 0.372 e. The quantitative estimate of drug-likeness (QED) is 0.666. The fraction of sp³-hybridized carbons (Fsp3) is 0.500. The van der Waals surface area contributed by atoms with Gasteiger partial charge in [0, 0.05) is 18.9 Å². The van der Waals surface area contributed by atoms with Gasteiger partial charge in [-0.15, -0.1) is 0 Å². The van der Waals surface area contributed by atoms with E-state index >= 15 is 0 Å². The molecule has 1 aromatic rings. The number of halogens is 1. The Bertz CT molecular complexity index is 366. The number of aromatic hydroxyl groups is 1. The van der Waals surface area contributed by atoms with Crippen molar-refractivity contribution in [1.82, 2.24) is 4.58 Å². The Kier molecular flexibility index (Phi) is 2.77. The molecule has 1 fully saturated rings.